The molecule has 24 nitrogen and oxygen atoms in total. The first-order valence-corrected chi connectivity index (χ1v) is 26.4. The first-order valence-electron chi connectivity index (χ1n) is 26.4. The number of para-hydroxylation sites is 4. The first kappa shape index (κ1) is 53.1. The van der Waals surface area contributed by atoms with Crippen LogP contribution in [0.15, 0.2) is 202 Å². The molecule has 416 valence electrons. The van der Waals surface area contributed by atoms with Crippen molar-refractivity contribution in [2.75, 3.05) is 27.8 Å². The van der Waals surface area contributed by atoms with E-state index in [4.69, 9.17) is 45.6 Å². The van der Waals surface area contributed by atoms with Gasteiger partial charge in [-0.3, -0.25) is 25.6 Å². The van der Waals surface area contributed by atoms with Gasteiger partial charge in [-0.25, -0.2) is 29.9 Å². The number of hydrogen-bond acceptors (Lipinski definition) is 18. The van der Waals surface area contributed by atoms with Gasteiger partial charge in [0.05, 0.1) is 55.5 Å². The molecule has 16 rings (SSSR count). The van der Waals surface area contributed by atoms with Crippen molar-refractivity contribution in [1.82, 2.24) is 70.8 Å². The van der Waals surface area contributed by atoms with Crippen molar-refractivity contribution in [3.05, 3.63) is 221 Å². The van der Waals surface area contributed by atoms with Gasteiger partial charge >= 0.3 is 39.0 Å². The van der Waals surface area contributed by atoms with Crippen LogP contribution in [-0.4, -0.2) is 90.9 Å². The number of aromatic amines is 4. The molecule has 0 saturated heterocycles. The number of nitrogens with one attached hydrogen (secondary N) is 11. The zero-order chi connectivity index (χ0) is 54.9. The number of nitrogens with zero attached hydrogens (tertiary/aromatic N) is 13. The molecule has 0 radical (unpaired) electrons. The summed E-state index contributed by atoms with van der Waals surface area (Å²) in [5.41, 5.74) is 7.44. The van der Waals surface area contributed by atoms with Crippen LogP contribution < -0.4 is 37.2 Å². The van der Waals surface area contributed by atoms with Gasteiger partial charge in [0, 0.05) is 58.8 Å². The Morgan fingerprint density at radius 1 is 0.488 bits per heavy atom. The van der Waals surface area contributed by atoms with Crippen LogP contribution in [-0.2, 0) is 55.9 Å². The summed E-state index contributed by atoms with van der Waals surface area (Å²) in [4.78, 5) is 66.3. The first-order chi connectivity index (χ1) is 40.2. The van der Waals surface area contributed by atoms with Gasteiger partial charge in [0.2, 0.25) is 23.8 Å². The van der Waals surface area contributed by atoms with Crippen LogP contribution in [0.2, 0.25) is 0 Å². The van der Waals surface area contributed by atoms with Gasteiger partial charge in [-0.2, -0.15) is 0 Å². The largest absolute Gasteiger partial charge is 2.00 e. The molecule has 0 saturated carbocycles. The van der Waals surface area contributed by atoms with Crippen molar-refractivity contribution in [3.63, 3.8) is 0 Å². The van der Waals surface area contributed by atoms with Gasteiger partial charge in [-0.15, -0.1) is 0 Å². The summed E-state index contributed by atoms with van der Waals surface area (Å²) in [6.45, 7) is 4.63. The van der Waals surface area contributed by atoms with Crippen LogP contribution in [0.5, 0.6) is 0 Å². The SMILES string of the molecule is Cc1ccc2nc(NC3=N[C@]4(C5=CC=CNC5)[N-]C(Nc5nc6ccccc6[nH]5)=N[C@]4(c4ccccn4)N3)[nH]c2c1.Cc1ccc2nc(NC3=N[C@]4(c5cccnc5)[N-]C(Nc5nc6ccccc6[nH]5)=N[C@]4(c4ccccn4)N3)[nH]c2c1.[HH].[HH].[HH].[HH].[HH].[HH].[HH].[Zn+2].[Zn+2]. The number of rotatable bonds is 8. The van der Waals surface area contributed by atoms with Crippen LogP contribution in [0.3, 0.4) is 0 Å². The van der Waals surface area contributed by atoms with Crippen molar-refractivity contribution in [3.8, 4) is 0 Å². The van der Waals surface area contributed by atoms with Gasteiger partial charge in [0.1, 0.15) is 11.9 Å². The number of guanidine groups is 4. The number of allylic oxidation sites excluding steroid dienone is 2. The monoisotopic (exact) mass is 1220 g/mol. The minimum Gasteiger partial charge on any atom is -0.387 e. The molecule has 5 aliphatic heterocycles. The second-order valence-electron chi connectivity index (χ2n) is 20.1. The molecular weight excluding hydrogens is 1160 g/mol. The number of aromatic nitrogens is 11. The van der Waals surface area contributed by atoms with E-state index in [1.165, 1.54) is 0 Å². The standard InChI is InChI=1S/C29H25N12.C29H23N12.2Zn.7H2/c2*1-17-11-12-21-22(15-17)35-25(34-21)37-27-39-28(18-7-6-13-30-16-18)29(41-27,23-10-4-5-14-31-23)40-26(38-28)36-24-32-19-8-2-3-9-20(19)33-24;;;;;;;;;/h2-15,30H,16H2,1H3,(H5-,32,33,34,35,36,37,38,39,40,41);2-16H,1H3,(H5-,32,33,34,35,36,37,38,39,40,41);;;7*1H/q2*-1;2*+2;;;;;;;/t2*28-,29+;;;;;;;;;/m00........./s1. The van der Waals surface area contributed by atoms with Gasteiger partial charge < -0.3 is 67.1 Å². The number of fused-ring (bicyclic) bond motifs is 6. The number of imidazole rings is 4. The molecule has 11 N–H and O–H groups in total. The third-order valence-corrected chi connectivity index (χ3v) is 14.6. The second-order valence-corrected chi connectivity index (χ2v) is 20.1. The Morgan fingerprint density at radius 3 is 1.48 bits per heavy atom. The van der Waals surface area contributed by atoms with Crippen molar-refractivity contribution in [1.29, 1.82) is 0 Å². The predicted octanol–water partition coefficient (Wildman–Crippen LogP) is 10.1. The average Bonchev–Trinajstić information content (AvgIpc) is 1.56. The van der Waals surface area contributed by atoms with Crippen LogP contribution in [0.1, 0.15) is 38.1 Å². The van der Waals surface area contributed by atoms with Gasteiger partial charge in [-0.05, 0) is 122 Å². The Balaban J connectivity index is 0.000000263. The molecule has 5 aliphatic rings. The Kier molecular flexibility index (Phi) is 13.3. The summed E-state index contributed by atoms with van der Waals surface area (Å²) in [6, 6.07) is 43.0. The minimum absolute atomic E-state index is 0. The van der Waals surface area contributed by atoms with E-state index < -0.39 is 22.7 Å². The van der Waals surface area contributed by atoms with Crippen LogP contribution >= 0.6 is 0 Å². The van der Waals surface area contributed by atoms with E-state index in [2.05, 4.69) is 90.1 Å². The Hall–Kier alpha value is -10.2. The molecule has 0 spiro atoms. The third kappa shape index (κ3) is 9.02. The third-order valence-electron chi connectivity index (χ3n) is 14.6. The van der Waals surface area contributed by atoms with Crippen LogP contribution in [0.4, 0.5) is 23.8 Å². The molecule has 7 aromatic heterocycles. The number of hydrogen-bond donors (Lipinski definition) is 11. The van der Waals surface area contributed by atoms with E-state index in [0.29, 0.717) is 65.6 Å². The summed E-state index contributed by atoms with van der Waals surface area (Å²) in [5.74, 6) is 3.78. The maximum absolute atomic E-state index is 5.17. The molecule has 0 unspecified atom stereocenters. The summed E-state index contributed by atoms with van der Waals surface area (Å²) in [7, 11) is 0. The topological polar surface area (TPSA) is 315 Å². The molecule has 0 amide bonds. The zero-order valence-electron chi connectivity index (χ0n) is 45.2. The number of benzene rings is 4. The molecule has 0 aliphatic carbocycles. The van der Waals surface area contributed by atoms with E-state index in [0.717, 1.165) is 66.4 Å². The van der Waals surface area contributed by atoms with Crippen molar-refractivity contribution < 1.29 is 48.9 Å². The van der Waals surface area contributed by atoms with E-state index in [1.807, 2.05) is 153 Å². The zero-order valence-corrected chi connectivity index (χ0v) is 51.1. The predicted molar refractivity (Wildman–Crippen MR) is 332 cm³/mol. The van der Waals surface area contributed by atoms with Crippen molar-refractivity contribution in [2.45, 2.75) is 36.5 Å². The molecular formula is C58H62N24Zn2+2. The second kappa shape index (κ2) is 21.0. The van der Waals surface area contributed by atoms with Gasteiger partial charge in [0.15, 0.2) is 22.7 Å². The minimum atomic E-state index is -1.27. The fourth-order valence-electron chi connectivity index (χ4n) is 10.9. The smallest absolute Gasteiger partial charge is 0.387 e. The number of H-pyrrole nitrogens is 4. The maximum Gasteiger partial charge on any atom is 2.00 e. The van der Waals surface area contributed by atoms with E-state index in [-0.39, 0.29) is 48.9 Å². The maximum atomic E-state index is 5.17. The van der Waals surface area contributed by atoms with E-state index in [1.54, 1.807) is 24.8 Å². The van der Waals surface area contributed by atoms with Crippen molar-refractivity contribution in [2.24, 2.45) is 20.0 Å². The average molecular weight is 1230 g/mol. The van der Waals surface area contributed by atoms with Crippen LogP contribution in [0, 0.1) is 13.8 Å². The van der Waals surface area contributed by atoms with Gasteiger partial charge in [-0.1, -0.05) is 60.7 Å². The molecule has 0 fully saturated rings. The number of dihydropyridines is 1. The van der Waals surface area contributed by atoms with E-state index >= 15 is 0 Å². The van der Waals surface area contributed by atoms with E-state index in [9.17, 15) is 0 Å². The number of pyridine rings is 3. The molecule has 0 bridgehead atoms. The van der Waals surface area contributed by atoms with Crippen LogP contribution in [0.25, 0.3) is 54.8 Å². The Labute approximate surface area is 514 Å². The number of aryl methyl sites for hydroxylation is 2. The normalized spacial score (nSPS) is 21.5. The molecule has 4 aromatic carbocycles. The molecule has 26 heteroatoms. The molecule has 12 heterocycles. The fourth-order valence-corrected chi connectivity index (χ4v) is 10.9. The summed E-state index contributed by atoms with van der Waals surface area (Å²) in [6.07, 6.45) is 12.8. The number of aliphatic imine (C=N–C) groups is 4. The molecule has 11 aromatic rings. The fraction of sp³-hybridized carbons (Fsp3) is 0.121. The quantitative estimate of drug-likeness (QED) is 0.0631. The summed E-state index contributed by atoms with van der Waals surface area (Å²) >= 11 is 0. The molecule has 4 atom stereocenters. The summed E-state index contributed by atoms with van der Waals surface area (Å²) < 4.78 is 0. The summed E-state index contributed by atoms with van der Waals surface area (Å²) in [5, 5.41) is 33.7. The van der Waals surface area contributed by atoms with Gasteiger partial charge in [0.25, 0.3) is 0 Å². The van der Waals surface area contributed by atoms with Crippen molar-refractivity contribution >= 4 is 91.8 Å². The Morgan fingerprint density at radius 2 is 0.976 bits per heavy atom. The Bertz CT molecular complexity index is 4460. The number of anilines is 4. The molecule has 84 heavy (non-hydrogen) atoms.